The van der Waals surface area contributed by atoms with E-state index in [2.05, 4.69) is 24.5 Å². The number of para-hydroxylation sites is 1. The molecule has 2 rings (SSSR count). The van der Waals surface area contributed by atoms with Crippen molar-refractivity contribution >= 4 is 17.5 Å². The Hall–Kier alpha value is -1.98. The molecular weight excluding hydrogens is 290 g/mol. The van der Waals surface area contributed by atoms with Gasteiger partial charge in [0.2, 0.25) is 11.8 Å². The number of benzene rings is 1. The number of amides is 2. The summed E-state index contributed by atoms with van der Waals surface area (Å²) in [6.07, 6.45) is 1.28. The van der Waals surface area contributed by atoms with Crippen LogP contribution in [-0.2, 0) is 9.59 Å². The monoisotopic (exact) mass is 310 g/mol. The van der Waals surface area contributed by atoms with Gasteiger partial charge in [-0.2, -0.15) is 0 Å². The summed E-state index contributed by atoms with van der Waals surface area (Å²) in [6, 6.07) is 3.37. The van der Waals surface area contributed by atoms with Gasteiger partial charge in [0.25, 0.3) is 0 Å². The average Bonchev–Trinajstić information content (AvgIpc) is 3.23. The van der Waals surface area contributed by atoms with E-state index >= 15 is 0 Å². The average molecular weight is 310 g/mol. The van der Waals surface area contributed by atoms with Crippen LogP contribution >= 0.6 is 0 Å². The SMILES string of the molecule is CC(C)CCNC(=O)C1CC1C(=O)Nc1c(F)cccc1F. The van der Waals surface area contributed by atoms with Gasteiger partial charge in [-0.25, -0.2) is 8.78 Å². The summed E-state index contributed by atoms with van der Waals surface area (Å²) in [5.41, 5.74) is -0.460. The van der Waals surface area contributed by atoms with Gasteiger partial charge >= 0.3 is 0 Å². The van der Waals surface area contributed by atoms with E-state index < -0.39 is 35.1 Å². The summed E-state index contributed by atoms with van der Waals surface area (Å²) < 4.78 is 26.9. The van der Waals surface area contributed by atoms with Crippen LogP contribution in [0.5, 0.6) is 0 Å². The molecule has 2 N–H and O–H groups in total. The number of rotatable bonds is 6. The zero-order valence-corrected chi connectivity index (χ0v) is 12.7. The largest absolute Gasteiger partial charge is 0.356 e. The molecule has 1 aromatic rings. The minimum absolute atomic E-state index is 0.171. The minimum Gasteiger partial charge on any atom is -0.356 e. The van der Waals surface area contributed by atoms with Crippen molar-refractivity contribution in [3.05, 3.63) is 29.8 Å². The first-order valence-corrected chi connectivity index (χ1v) is 7.42. The Morgan fingerprint density at radius 2 is 1.77 bits per heavy atom. The van der Waals surface area contributed by atoms with Crippen molar-refractivity contribution in [1.29, 1.82) is 0 Å². The van der Waals surface area contributed by atoms with Gasteiger partial charge in [-0.3, -0.25) is 9.59 Å². The summed E-state index contributed by atoms with van der Waals surface area (Å²) in [7, 11) is 0. The summed E-state index contributed by atoms with van der Waals surface area (Å²) in [5, 5.41) is 5.01. The van der Waals surface area contributed by atoms with Crippen molar-refractivity contribution in [2.45, 2.75) is 26.7 Å². The quantitative estimate of drug-likeness (QED) is 0.849. The summed E-state index contributed by atoms with van der Waals surface area (Å²) in [6.45, 7) is 4.69. The predicted molar refractivity (Wildman–Crippen MR) is 79.0 cm³/mol. The van der Waals surface area contributed by atoms with Crippen LogP contribution in [0.25, 0.3) is 0 Å². The van der Waals surface area contributed by atoms with Gasteiger partial charge in [0, 0.05) is 6.54 Å². The maximum Gasteiger partial charge on any atom is 0.228 e. The van der Waals surface area contributed by atoms with Crippen molar-refractivity contribution in [3.63, 3.8) is 0 Å². The lowest BCUT2D eigenvalue weighted by Gasteiger charge is -2.08. The van der Waals surface area contributed by atoms with Gasteiger partial charge in [-0.1, -0.05) is 19.9 Å². The topological polar surface area (TPSA) is 58.2 Å². The molecular formula is C16H20F2N2O2. The maximum absolute atomic E-state index is 13.5. The van der Waals surface area contributed by atoms with Gasteiger partial charge in [0.1, 0.15) is 17.3 Å². The van der Waals surface area contributed by atoms with E-state index in [1.807, 2.05) is 0 Å². The summed E-state index contributed by atoms with van der Waals surface area (Å²) >= 11 is 0. The van der Waals surface area contributed by atoms with Crippen LogP contribution in [0.4, 0.5) is 14.5 Å². The third-order valence-corrected chi connectivity index (χ3v) is 3.70. The fourth-order valence-electron chi connectivity index (χ4n) is 2.22. The van der Waals surface area contributed by atoms with Crippen LogP contribution in [0.1, 0.15) is 26.7 Å². The number of carbonyl (C=O) groups is 2. The molecule has 0 spiro atoms. The van der Waals surface area contributed by atoms with E-state index in [-0.39, 0.29) is 5.91 Å². The number of anilines is 1. The number of halogens is 2. The van der Waals surface area contributed by atoms with Gasteiger partial charge in [0.15, 0.2) is 0 Å². The van der Waals surface area contributed by atoms with Crippen molar-refractivity contribution in [2.75, 3.05) is 11.9 Å². The first-order valence-electron chi connectivity index (χ1n) is 7.42. The van der Waals surface area contributed by atoms with Crippen molar-refractivity contribution < 1.29 is 18.4 Å². The number of hydrogen-bond acceptors (Lipinski definition) is 2. The Bertz CT molecular complexity index is 555. The van der Waals surface area contributed by atoms with Gasteiger partial charge in [-0.05, 0) is 30.9 Å². The van der Waals surface area contributed by atoms with Crippen LogP contribution in [0.2, 0.25) is 0 Å². The fraction of sp³-hybridized carbons (Fsp3) is 0.500. The first-order chi connectivity index (χ1) is 10.4. The Labute approximate surface area is 128 Å². The molecule has 2 unspecified atom stereocenters. The van der Waals surface area contributed by atoms with Crippen LogP contribution in [-0.4, -0.2) is 18.4 Å². The molecule has 1 aliphatic rings. The molecule has 1 saturated carbocycles. The highest BCUT2D eigenvalue weighted by Crippen LogP contribution is 2.39. The van der Waals surface area contributed by atoms with Crippen molar-refractivity contribution in [1.82, 2.24) is 5.32 Å². The number of hydrogen-bond donors (Lipinski definition) is 2. The molecule has 120 valence electrons. The van der Waals surface area contributed by atoms with E-state index in [0.717, 1.165) is 18.6 Å². The molecule has 0 aliphatic heterocycles. The smallest absolute Gasteiger partial charge is 0.228 e. The zero-order valence-electron chi connectivity index (χ0n) is 12.7. The second-order valence-electron chi connectivity index (χ2n) is 6.01. The molecule has 0 bridgehead atoms. The van der Waals surface area contributed by atoms with Crippen LogP contribution in [0, 0.1) is 29.4 Å². The standard InChI is InChI=1S/C16H20F2N2O2/c1-9(2)6-7-19-15(21)10-8-11(10)16(22)20-14-12(17)4-3-5-13(14)18/h3-5,9-11H,6-8H2,1-2H3,(H,19,21)(H,20,22). The van der Waals surface area contributed by atoms with Crippen LogP contribution in [0.15, 0.2) is 18.2 Å². The Morgan fingerprint density at radius 1 is 1.18 bits per heavy atom. The van der Waals surface area contributed by atoms with E-state index in [0.29, 0.717) is 18.9 Å². The van der Waals surface area contributed by atoms with E-state index in [1.165, 1.54) is 6.07 Å². The molecule has 1 aromatic carbocycles. The van der Waals surface area contributed by atoms with Gasteiger partial charge in [0.05, 0.1) is 11.8 Å². The second-order valence-corrected chi connectivity index (χ2v) is 6.01. The zero-order chi connectivity index (χ0) is 16.3. The molecule has 0 saturated heterocycles. The molecule has 22 heavy (non-hydrogen) atoms. The van der Waals surface area contributed by atoms with Gasteiger partial charge in [-0.15, -0.1) is 0 Å². The summed E-state index contributed by atoms with van der Waals surface area (Å²) in [5.74, 6) is -2.77. The third-order valence-electron chi connectivity index (χ3n) is 3.70. The lowest BCUT2D eigenvalue weighted by atomic mass is 10.1. The van der Waals surface area contributed by atoms with Gasteiger partial charge < -0.3 is 10.6 Å². The van der Waals surface area contributed by atoms with Crippen LogP contribution < -0.4 is 10.6 Å². The van der Waals surface area contributed by atoms with Crippen molar-refractivity contribution in [2.24, 2.45) is 17.8 Å². The lowest BCUT2D eigenvalue weighted by Crippen LogP contribution is -2.29. The fourth-order valence-corrected chi connectivity index (χ4v) is 2.22. The third kappa shape index (κ3) is 4.02. The minimum atomic E-state index is -0.827. The Balaban J connectivity index is 1.84. The number of carbonyl (C=O) groups excluding carboxylic acids is 2. The highest BCUT2D eigenvalue weighted by atomic mass is 19.1. The first kappa shape index (κ1) is 16.4. The highest BCUT2D eigenvalue weighted by molar-refractivity contribution is 5.99. The molecule has 0 heterocycles. The second kappa shape index (κ2) is 6.85. The highest BCUT2D eigenvalue weighted by Gasteiger charge is 2.48. The number of nitrogens with one attached hydrogen (secondary N) is 2. The maximum atomic E-state index is 13.5. The molecule has 1 fully saturated rings. The molecule has 0 radical (unpaired) electrons. The summed E-state index contributed by atoms with van der Waals surface area (Å²) in [4.78, 5) is 23.8. The molecule has 2 amide bonds. The van der Waals surface area contributed by atoms with Crippen molar-refractivity contribution in [3.8, 4) is 0 Å². The van der Waals surface area contributed by atoms with E-state index in [9.17, 15) is 18.4 Å². The molecule has 1 aliphatic carbocycles. The molecule has 6 heteroatoms. The Kier molecular flexibility index (Phi) is 5.11. The normalized spacial score (nSPS) is 19.9. The Morgan fingerprint density at radius 3 is 2.36 bits per heavy atom. The van der Waals surface area contributed by atoms with E-state index in [4.69, 9.17) is 0 Å². The molecule has 4 nitrogen and oxygen atoms in total. The van der Waals surface area contributed by atoms with Crippen LogP contribution in [0.3, 0.4) is 0 Å². The molecule has 2 atom stereocenters. The molecule has 0 aromatic heterocycles. The van der Waals surface area contributed by atoms with E-state index in [1.54, 1.807) is 0 Å². The lowest BCUT2D eigenvalue weighted by molar-refractivity contribution is -0.125. The predicted octanol–water partition coefficient (Wildman–Crippen LogP) is 2.70.